The number of carbonyl (C=O) groups excluding carboxylic acids is 2. The molecular weight excluding hydrogens is 216 g/mol. The van der Waals surface area contributed by atoms with Crippen LogP contribution in [0, 0.1) is 0 Å². The molecule has 6 nitrogen and oxygen atoms in total. The van der Waals surface area contributed by atoms with Gasteiger partial charge < -0.3 is 5.73 Å². The lowest BCUT2D eigenvalue weighted by Crippen LogP contribution is -2.11. The van der Waals surface area contributed by atoms with Crippen LogP contribution in [0.4, 0.5) is 5.13 Å². The second kappa shape index (κ2) is 5.20. The van der Waals surface area contributed by atoms with Gasteiger partial charge in [-0.25, -0.2) is 0 Å². The fourth-order valence-corrected chi connectivity index (χ4v) is 1.43. The molecule has 0 fully saturated rings. The Morgan fingerprint density at radius 2 is 2.20 bits per heavy atom. The first-order chi connectivity index (χ1) is 7.11. The molecule has 0 radical (unpaired) electrons. The van der Waals surface area contributed by atoms with Crippen LogP contribution in [-0.2, 0) is 16.0 Å². The van der Waals surface area contributed by atoms with E-state index >= 15 is 0 Å². The molecule has 0 bridgehead atoms. The summed E-state index contributed by atoms with van der Waals surface area (Å²) in [6.45, 7) is 1.94. The molecule has 1 heterocycles. The summed E-state index contributed by atoms with van der Waals surface area (Å²) in [6.07, 6.45) is 2.80. The monoisotopic (exact) mass is 226 g/mol. The van der Waals surface area contributed by atoms with Crippen LogP contribution in [0.1, 0.15) is 11.9 Å². The molecule has 0 aliphatic carbocycles. The molecular formula is C8H10N4O2S. The van der Waals surface area contributed by atoms with Crippen LogP contribution in [0.15, 0.2) is 12.2 Å². The quantitative estimate of drug-likeness (QED) is 0.710. The lowest BCUT2D eigenvalue weighted by atomic mass is 10.4. The number of nitrogens with zero attached hydrogens (tertiary/aromatic N) is 2. The molecule has 0 atom stereocenters. The van der Waals surface area contributed by atoms with Crippen molar-refractivity contribution in [1.82, 2.24) is 10.2 Å². The van der Waals surface area contributed by atoms with E-state index in [2.05, 4.69) is 15.5 Å². The van der Waals surface area contributed by atoms with Crippen LogP contribution in [0.25, 0.3) is 0 Å². The van der Waals surface area contributed by atoms with Gasteiger partial charge in [0.05, 0.1) is 0 Å². The van der Waals surface area contributed by atoms with Gasteiger partial charge >= 0.3 is 0 Å². The summed E-state index contributed by atoms with van der Waals surface area (Å²) in [5.41, 5.74) is 4.83. The minimum absolute atomic E-state index is 0.408. The van der Waals surface area contributed by atoms with E-state index in [1.54, 1.807) is 0 Å². The van der Waals surface area contributed by atoms with Gasteiger partial charge in [0, 0.05) is 12.2 Å². The number of rotatable bonds is 4. The van der Waals surface area contributed by atoms with Gasteiger partial charge in [-0.05, 0) is 6.42 Å². The third kappa shape index (κ3) is 3.86. The molecule has 1 aromatic heterocycles. The molecule has 0 aromatic carbocycles. The molecule has 15 heavy (non-hydrogen) atoms. The lowest BCUT2D eigenvalue weighted by molar-refractivity contribution is -0.115. The predicted octanol–water partition coefficient (Wildman–Crippen LogP) is 0.0805. The van der Waals surface area contributed by atoms with Crippen molar-refractivity contribution >= 4 is 28.3 Å². The maximum absolute atomic E-state index is 11.1. The van der Waals surface area contributed by atoms with Gasteiger partial charge in [-0.3, -0.25) is 14.9 Å². The molecule has 7 heteroatoms. The largest absolute Gasteiger partial charge is 0.366 e. The van der Waals surface area contributed by atoms with Gasteiger partial charge in [-0.15, -0.1) is 10.2 Å². The van der Waals surface area contributed by atoms with Crippen molar-refractivity contribution in [2.45, 2.75) is 13.3 Å². The molecule has 0 aliphatic heterocycles. The first-order valence-corrected chi connectivity index (χ1v) is 5.04. The van der Waals surface area contributed by atoms with E-state index in [0.29, 0.717) is 5.13 Å². The van der Waals surface area contributed by atoms with Crippen LogP contribution < -0.4 is 11.1 Å². The third-order valence-electron chi connectivity index (χ3n) is 1.40. The Morgan fingerprint density at radius 1 is 1.47 bits per heavy atom. The van der Waals surface area contributed by atoms with Crippen molar-refractivity contribution in [2.75, 3.05) is 5.32 Å². The maximum Gasteiger partial charge on any atom is 0.250 e. The summed E-state index contributed by atoms with van der Waals surface area (Å²) in [6, 6.07) is 0. The average Bonchev–Trinajstić information content (AvgIpc) is 2.62. The fraction of sp³-hybridized carbons (Fsp3) is 0.250. The van der Waals surface area contributed by atoms with Gasteiger partial charge in [0.25, 0.3) is 0 Å². The van der Waals surface area contributed by atoms with Crippen LogP contribution >= 0.6 is 11.3 Å². The molecule has 0 spiro atoms. The zero-order valence-electron chi connectivity index (χ0n) is 8.06. The number of nitrogens with two attached hydrogens (primary N) is 1. The highest BCUT2D eigenvalue weighted by Crippen LogP contribution is 2.14. The number of amides is 2. The summed E-state index contributed by atoms with van der Waals surface area (Å²) in [5.74, 6) is -1.12. The van der Waals surface area contributed by atoms with Gasteiger partial charge in [0.2, 0.25) is 16.9 Å². The molecule has 1 rings (SSSR count). The number of carbonyl (C=O) groups is 2. The molecule has 1 aromatic rings. The zero-order valence-corrected chi connectivity index (χ0v) is 8.87. The van der Waals surface area contributed by atoms with Crippen LogP contribution in [-0.4, -0.2) is 22.0 Å². The number of anilines is 1. The van der Waals surface area contributed by atoms with Crippen molar-refractivity contribution in [3.8, 4) is 0 Å². The van der Waals surface area contributed by atoms with E-state index in [9.17, 15) is 9.59 Å². The Bertz CT molecular complexity index is 399. The van der Waals surface area contributed by atoms with Crippen molar-refractivity contribution in [1.29, 1.82) is 0 Å². The Morgan fingerprint density at radius 3 is 2.73 bits per heavy atom. The van der Waals surface area contributed by atoms with Gasteiger partial charge in [-0.1, -0.05) is 18.3 Å². The first kappa shape index (κ1) is 11.3. The molecule has 2 amide bonds. The number of primary amides is 1. The normalized spacial score (nSPS) is 10.5. The van der Waals surface area contributed by atoms with Crippen LogP contribution in [0.2, 0.25) is 0 Å². The molecule has 80 valence electrons. The third-order valence-corrected chi connectivity index (χ3v) is 2.38. The van der Waals surface area contributed by atoms with Crippen molar-refractivity contribution in [3.05, 3.63) is 17.2 Å². The van der Waals surface area contributed by atoms with E-state index in [0.717, 1.165) is 23.6 Å². The highest BCUT2D eigenvalue weighted by Gasteiger charge is 2.04. The first-order valence-electron chi connectivity index (χ1n) is 4.22. The number of hydrogen-bond donors (Lipinski definition) is 2. The van der Waals surface area contributed by atoms with E-state index in [-0.39, 0.29) is 0 Å². The predicted molar refractivity (Wildman–Crippen MR) is 56.3 cm³/mol. The van der Waals surface area contributed by atoms with E-state index in [1.807, 2.05) is 6.92 Å². The zero-order chi connectivity index (χ0) is 11.3. The standard InChI is InChI=1S/C8H10N4O2S/c1-2-7-11-12-8(15-7)10-6(14)4-3-5(9)13/h3-4H,2H2,1H3,(H2,9,13)(H,10,12,14)/b4-3+. The Labute approximate surface area is 90.2 Å². The minimum Gasteiger partial charge on any atom is -0.366 e. The highest BCUT2D eigenvalue weighted by atomic mass is 32.1. The van der Waals surface area contributed by atoms with Crippen LogP contribution in [0.3, 0.4) is 0 Å². The van der Waals surface area contributed by atoms with E-state index in [4.69, 9.17) is 5.73 Å². The van der Waals surface area contributed by atoms with Crippen LogP contribution in [0.5, 0.6) is 0 Å². The van der Waals surface area contributed by atoms with E-state index < -0.39 is 11.8 Å². The number of hydrogen-bond acceptors (Lipinski definition) is 5. The van der Waals surface area contributed by atoms with Crippen molar-refractivity contribution in [3.63, 3.8) is 0 Å². The fourth-order valence-electron chi connectivity index (χ4n) is 0.752. The summed E-state index contributed by atoms with van der Waals surface area (Å²) in [5, 5.41) is 11.3. The Hall–Kier alpha value is -1.76. The van der Waals surface area contributed by atoms with E-state index in [1.165, 1.54) is 11.3 Å². The lowest BCUT2D eigenvalue weighted by Gasteiger charge is -1.92. The summed E-state index contributed by atoms with van der Waals surface area (Å²) < 4.78 is 0. The Kier molecular flexibility index (Phi) is 3.92. The number of aryl methyl sites for hydroxylation is 1. The Balaban J connectivity index is 2.54. The van der Waals surface area contributed by atoms with Crippen molar-refractivity contribution in [2.24, 2.45) is 5.73 Å². The molecule has 3 N–H and O–H groups in total. The topological polar surface area (TPSA) is 98.0 Å². The van der Waals surface area contributed by atoms with Gasteiger partial charge in [0.15, 0.2) is 0 Å². The van der Waals surface area contributed by atoms with Gasteiger partial charge in [-0.2, -0.15) is 0 Å². The molecule has 0 aliphatic rings. The molecule has 0 saturated heterocycles. The average molecular weight is 226 g/mol. The minimum atomic E-state index is -0.670. The molecule has 0 unspecified atom stereocenters. The molecule has 0 saturated carbocycles. The SMILES string of the molecule is CCc1nnc(NC(=O)/C=C/C(N)=O)s1. The smallest absolute Gasteiger partial charge is 0.250 e. The number of nitrogens with one attached hydrogen (secondary N) is 1. The maximum atomic E-state index is 11.1. The second-order valence-electron chi connectivity index (χ2n) is 2.58. The van der Waals surface area contributed by atoms with Crippen molar-refractivity contribution < 1.29 is 9.59 Å². The highest BCUT2D eigenvalue weighted by molar-refractivity contribution is 7.15. The summed E-state index contributed by atoms with van der Waals surface area (Å²) >= 11 is 1.29. The number of aromatic nitrogens is 2. The summed E-state index contributed by atoms with van der Waals surface area (Å²) in [4.78, 5) is 21.5. The second-order valence-corrected chi connectivity index (χ2v) is 3.64. The van der Waals surface area contributed by atoms with Gasteiger partial charge in [0.1, 0.15) is 5.01 Å². The summed E-state index contributed by atoms with van der Waals surface area (Å²) in [7, 11) is 0.